The number of benzene rings is 1. The van der Waals surface area contributed by atoms with Crippen LogP contribution in [-0.4, -0.2) is 24.7 Å². The lowest BCUT2D eigenvalue weighted by Crippen LogP contribution is -2.05. The molecule has 2 aromatic rings. The van der Waals surface area contributed by atoms with Crippen LogP contribution in [0.25, 0.3) is 0 Å². The van der Waals surface area contributed by atoms with Crippen molar-refractivity contribution in [1.82, 2.24) is 4.98 Å². The summed E-state index contributed by atoms with van der Waals surface area (Å²) in [4.78, 5) is 15.6. The van der Waals surface area contributed by atoms with E-state index in [0.29, 0.717) is 30.3 Å². The Hall–Kier alpha value is -2.56. The molecule has 5 heteroatoms. The second-order valence-electron chi connectivity index (χ2n) is 4.23. The van der Waals surface area contributed by atoms with Crippen molar-refractivity contribution in [2.45, 2.75) is 13.5 Å². The molecule has 0 atom stereocenters. The van der Waals surface area contributed by atoms with Crippen molar-refractivity contribution in [2.24, 2.45) is 0 Å². The van der Waals surface area contributed by atoms with E-state index in [4.69, 9.17) is 14.2 Å². The van der Waals surface area contributed by atoms with Crippen molar-refractivity contribution in [1.29, 1.82) is 0 Å². The normalized spacial score (nSPS) is 10.0. The Balaban J connectivity index is 2.11. The molecule has 1 aromatic carbocycles. The van der Waals surface area contributed by atoms with Crippen molar-refractivity contribution in [3.8, 4) is 11.5 Å². The van der Waals surface area contributed by atoms with E-state index in [-0.39, 0.29) is 5.97 Å². The minimum Gasteiger partial charge on any atom is -0.493 e. The van der Waals surface area contributed by atoms with Crippen LogP contribution in [0.4, 0.5) is 0 Å². The molecule has 0 saturated carbocycles. The zero-order valence-electron chi connectivity index (χ0n) is 12.0. The highest BCUT2D eigenvalue weighted by Crippen LogP contribution is 2.29. The van der Waals surface area contributed by atoms with Crippen LogP contribution in [0.3, 0.4) is 0 Å². The Morgan fingerprint density at radius 3 is 2.57 bits per heavy atom. The van der Waals surface area contributed by atoms with Gasteiger partial charge in [-0.1, -0.05) is 0 Å². The van der Waals surface area contributed by atoms with Crippen LogP contribution in [-0.2, 0) is 11.3 Å². The van der Waals surface area contributed by atoms with Gasteiger partial charge in [-0.15, -0.1) is 0 Å². The van der Waals surface area contributed by atoms with Gasteiger partial charge in [0.15, 0.2) is 11.5 Å². The molecule has 0 spiro atoms. The summed E-state index contributed by atoms with van der Waals surface area (Å²) in [6, 6.07) is 8.72. The zero-order valence-corrected chi connectivity index (χ0v) is 12.0. The van der Waals surface area contributed by atoms with Gasteiger partial charge in [0.2, 0.25) is 0 Å². The number of methoxy groups -OCH3 is 1. The van der Waals surface area contributed by atoms with E-state index in [1.165, 1.54) is 7.11 Å². The van der Waals surface area contributed by atoms with Crippen LogP contribution >= 0.6 is 0 Å². The number of ether oxygens (including phenoxy) is 3. The fourth-order valence-electron chi connectivity index (χ4n) is 1.77. The van der Waals surface area contributed by atoms with Crippen molar-refractivity contribution in [3.05, 3.63) is 53.9 Å². The summed E-state index contributed by atoms with van der Waals surface area (Å²) < 4.78 is 15.9. The van der Waals surface area contributed by atoms with E-state index < -0.39 is 0 Å². The molecule has 1 heterocycles. The number of carbonyl (C=O) groups is 1. The Bertz CT molecular complexity index is 598. The summed E-state index contributed by atoms with van der Waals surface area (Å²) in [5.74, 6) is 0.688. The average molecular weight is 287 g/mol. The van der Waals surface area contributed by atoms with E-state index in [0.717, 1.165) is 5.56 Å². The maximum absolute atomic E-state index is 11.7. The molecule has 1 aromatic heterocycles. The molecule has 0 aliphatic rings. The zero-order chi connectivity index (χ0) is 15.1. The molecule has 0 saturated heterocycles. The third-order valence-corrected chi connectivity index (χ3v) is 2.82. The molecule has 21 heavy (non-hydrogen) atoms. The molecule has 110 valence electrons. The highest BCUT2D eigenvalue weighted by atomic mass is 16.5. The predicted molar refractivity (Wildman–Crippen MR) is 77.5 cm³/mol. The molecule has 2 rings (SSSR count). The summed E-state index contributed by atoms with van der Waals surface area (Å²) in [6.07, 6.45) is 3.42. The van der Waals surface area contributed by atoms with Crippen molar-refractivity contribution in [2.75, 3.05) is 13.7 Å². The number of aromatic nitrogens is 1. The van der Waals surface area contributed by atoms with Gasteiger partial charge in [0.05, 0.1) is 19.3 Å². The third-order valence-electron chi connectivity index (χ3n) is 2.82. The Kier molecular flexibility index (Phi) is 5.15. The van der Waals surface area contributed by atoms with Gasteiger partial charge in [0, 0.05) is 12.4 Å². The number of hydrogen-bond acceptors (Lipinski definition) is 5. The third kappa shape index (κ3) is 3.95. The largest absolute Gasteiger partial charge is 0.493 e. The van der Waals surface area contributed by atoms with Gasteiger partial charge in [-0.25, -0.2) is 4.79 Å². The van der Waals surface area contributed by atoms with Gasteiger partial charge in [-0.05, 0) is 42.8 Å². The number of esters is 1. The summed E-state index contributed by atoms with van der Waals surface area (Å²) in [7, 11) is 1.53. The molecule has 0 bridgehead atoms. The molecule has 0 N–H and O–H groups in total. The first kappa shape index (κ1) is 14.8. The first-order valence-electron chi connectivity index (χ1n) is 6.61. The topological polar surface area (TPSA) is 57.7 Å². The maximum atomic E-state index is 11.7. The number of rotatable bonds is 6. The number of pyridine rings is 1. The molecule has 0 aliphatic heterocycles. The SMILES string of the molecule is CCOC(=O)c1ccc(OCc2ccncc2)c(OC)c1. The molecule has 5 nitrogen and oxygen atoms in total. The van der Waals surface area contributed by atoms with Gasteiger partial charge in [-0.3, -0.25) is 4.98 Å². The van der Waals surface area contributed by atoms with E-state index in [1.807, 2.05) is 12.1 Å². The summed E-state index contributed by atoms with van der Waals surface area (Å²) in [5.41, 5.74) is 1.44. The van der Waals surface area contributed by atoms with Gasteiger partial charge in [-0.2, -0.15) is 0 Å². The quantitative estimate of drug-likeness (QED) is 0.765. The van der Waals surface area contributed by atoms with Crippen LogP contribution in [0, 0.1) is 0 Å². The molecule has 0 fully saturated rings. The standard InChI is InChI=1S/C16H17NO4/c1-3-20-16(18)13-4-5-14(15(10-13)19-2)21-11-12-6-8-17-9-7-12/h4-10H,3,11H2,1-2H3. The Morgan fingerprint density at radius 1 is 1.14 bits per heavy atom. The van der Waals surface area contributed by atoms with Crippen LogP contribution in [0.1, 0.15) is 22.8 Å². The van der Waals surface area contributed by atoms with E-state index in [1.54, 1.807) is 37.5 Å². The number of nitrogens with zero attached hydrogens (tertiary/aromatic N) is 1. The van der Waals surface area contributed by atoms with E-state index >= 15 is 0 Å². The highest BCUT2D eigenvalue weighted by molar-refractivity contribution is 5.90. The van der Waals surface area contributed by atoms with Crippen LogP contribution in [0.5, 0.6) is 11.5 Å². The van der Waals surface area contributed by atoms with Gasteiger partial charge in [0.25, 0.3) is 0 Å². The first-order valence-corrected chi connectivity index (χ1v) is 6.61. The fraction of sp³-hybridized carbons (Fsp3) is 0.250. The summed E-state index contributed by atoms with van der Waals surface area (Å²) >= 11 is 0. The van der Waals surface area contributed by atoms with E-state index in [9.17, 15) is 4.79 Å². The van der Waals surface area contributed by atoms with Crippen molar-refractivity contribution in [3.63, 3.8) is 0 Å². The van der Waals surface area contributed by atoms with Gasteiger partial charge >= 0.3 is 5.97 Å². The molecule has 0 amide bonds. The van der Waals surface area contributed by atoms with Crippen molar-refractivity contribution < 1.29 is 19.0 Å². The summed E-state index contributed by atoms with van der Waals surface area (Å²) in [6.45, 7) is 2.50. The minimum atomic E-state index is -0.378. The Morgan fingerprint density at radius 2 is 1.90 bits per heavy atom. The second kappa shape index (κ2) is 7.28. The maximum Gasteiger partial charge on any atom is 0.338 e. The molecule has 0 aliphatic carbocycles. The molecular weight excluding hydrogens is 270 g/mol. The Labute approximate surface area is 123 Å². The second-order valence-corrected chi connectivity index (χ2v) is 4.23. The summed E-state index contributed by atoms with van der Waals surface area (Å²) in [5, 5.41) is 0. The average Bonchev–Trinajstić information content (AvgIpc) is 2.54. The minimum absolute atomic E-state index is 0.335. The van der Waals surface area contributed by atoms with Crippen LogP contribution in [0.15, 0.2) is 42.7 Å². The smallest absolute Gasteiger partial charge is 0.338 e. The van der Waals surface area contributed by atoms with E-state index in [2.05, 4.69) is 4.98 Å². The lowest BCUT2D eigenvalue weighted by atomic mass is 10.2. The highest BCUT2D eigenvalue weighted by Gasteiger charge is 2.12. The monoisotopic (exact) mass is 287 g/mol. The molecule has 0 unspecified atom stereocenters. The number of hydrogen-bond donors (Lipinski definition) is 0. The number of carbonyl (C=O) groups excluding carboxylic acids is 1. The van der Waals surface area contributed by atoms with Gasteiger partial charge < -0.3 is 14.2 Å². The molecule has 0 radical (unpaired) electrons. The lowest BCUT2D eigenvalue weighted by molar-refractivity contribution is 0.0526. The predicted octanol–water partition coefficient (Wildman–Crippen LogP) is 2.85. The van der Waals surface area contributed by atoms with Crippen molar-refractivity contribution >= 4 is 5.97 Å². The van der Waals surface area contributed by atoms with Crippen LogP contribution in [0.2, 0.25) is 0 Å². The fourth-order valence-corrected chi connectivity index (χ4v) is 1.77. The lowest BCUT2D eigenvalue weighted by Gasteiger charge is -2.12. The first-order chi connectivity index (χ1) is 10.2. The van der Waals surface area contributed by atoms with Gasteiger partial charge in [0.1, 0.15) is 6.61 Å². The molecular formula is C16H17NO4. The van der Waals surface area contributed by atoms with Crippen LogP contribution < -0.4 is 9.47 Å².